The quantitative estimate of drug-likeness (QED) is 0.528. The fourth-order valence-corrected chi connectivity index (χ4v) is 0.805. The number of ether oxygens (including phenoxy) is 3. The van der Waals surface area contributed by atoms with Crippen LogP contribution in [0, 0.1) is 0 Å². The number of hydrogen-bond donors (Lipinski definition) is 2. The smallest absolute Gasteiger partial charge is 0.184 e. The van der Waals surface area contributed by atoms with Gasteiger partial charge >= 0.3 is 0 Å². The molecule has 0 saturated carbocycles. The van der Waals surface area contributed by atoms with Gasteiger partial charge in [0, 0.05) is 14.2 Å². The molecular weight excluding hydrogens is 176 g/mol. The van der Waals surface area contributed by atoms with E-state index in [9.17, 15) is 5.11 Å². The van der Waals surface area contributed by atoms with Gasteiger partial charge in [0.15, 0.2) is 6.29 Å². The van der Waals surface area contributed by atoms with Crippen molar-refractivity contribution in [2.45, 2.75) is 25.4 Å². The second-order valence-electron chi connectivity index (χ2n) is 2.73. The van der Waals surface area contributed by atoms with E-state index in [0.717, 1.165) is 0 Å². The summed E-state index contributed by atoms with van der Waals surface area (Å²) in [6.07, 6.45) is -1.82. The van der Waals surface area contributed by atoms with Crippen molar-refractivity contribution in [1.29, 1.82) is 0 Å². The third kappa shape index (κ3) is 5.17. The van der Waals surface area contributed by atoms with Crippen molar-refractivity contribution in [3.8, 4) is 0 Å². The summed E-state index contributed by atoms with van der Waals surface area (Å²) in [4.78, 5) is 0. The maximum absolute atomic E-state index is 9.40. The van der Waals surface area contributed by atoms with Crippen molar-refractivity contribution in [3.63, 3.8) is 0 Å². The monoisotopic (exact) mass is 194 g/mol. The maximum Gasteiger partial charge on any atom is 0.184 e. The van der Waals surface area contributed by atoms with Crippen molar-refractivity contribution in [1.82, 2.24) is 0 Å². The van der Waals surface area contributed by atoms with E-state index in [2.05, 4.69) is 0 Å². The molecule has 0 aromatic heterocycles. The lowest BCUT2D eigenvalue weighted by molar-refractivity contribution is -0.183. The van der Waals surface area contributed by atoms with E-state index in [0.29, 0.717) is 0 Å². The molecular formula is C8H18O5. The highest BCUT2D eigenvalue weighted by Crippen LogP contribution is 2.01. The third-order valence-corrected chi connectivity index (χ3v) is 1.59. The minimum Gasteiger partial charge on any atom is -0.394 e. The number of aliphatic hydroxyl groups excluding tert-OH is 2. The Morgan fingerprint density at radius 3 is 2.15 bits per heavy atom. The minimum absolute atomic E-state index is 0.0721. The SMILES string of the molecule is COC(OC)[C@H](O)CO[C@H](C)CO. The van der Waals surface area contributed by atoms with E-state index in [-0.39, 0.29) is 19.3 Å². The largest absolute Gasteiger partial charge is 0.394 e. The Hall–Kier alpha value is -0.200. The predicted octanol–water partition coefficient (Wildman–Crippen LogP) is -0.636. The molecule has 0 aliphatic carbocycles. The van der Waals surface area contributed by atoms with Crippen LogP contribution in [0.15, 0.2) is 0 Å². The summed E-state index contributed by atoms with van der Waals surface area (Å²) in [5.74, 6) is 0. The first-order valence-corrected chi connectivity index (χ1v) is 4.11. The average Bonchev–Trinajstić information content (AvgIpc) is 2.16. The molecule has 13 heavy (non-hydrogen) atoms. The van der Waals surface area contributed by atoms with Gasteiger partial charge in [0.2, 0.25) is 0 Å². The molecule has 2 N–H and O–H groups in total. The molecule has 0 fully saturated rings. The van der Waals surface area contributed by atoms with Gasteiger partial charge < -0.3 is 24.4 Å². The lowest BCUT2D eigenvalue weighted by Gasteiger charge is -2.21. The van der Waals surface area contributed by atoms with E-state index in [1.807, 2.05) is 0 Å². The summed E-state index contributed by atoms with van der Waals surface area (Å²) in [6, 6.07) is 0. The fourth-order valence-electron chi connectivity index (χ4n) is 0.805. The molecule has 0 rings (SSSR count). The zero-order valence-corrected chi connectivity index (χ0v) is 8.27. The molecule has 0 spiro atoms. The van der Waals surface area contributed by atoms with Crippen LogP contribution in [0.4, 0.5) is 0 Å². The molecule has 2 atom stereocenters. The van der Waals surface area contributed by atoms with Crippen molar-refractivity contribution in [2.75, 3.05) is 27.4 Å². The van der Waals surface area contributed by atoms with Gasteiger partial charge in [0.25, 0.3) is 0 Å². The summed E-state index contributed by atoms with van der Waals surface area (Å²) in [6.45, 7) is 1.72. The molecule has 0 aliphatic heterocycles. The highest BCUT2D eigenvalue weighted by Gasteiger charge is 2.18. The van der Waals surface area contributed by atoms with Crippen LogP contribution in [0.1, 0.15) is 6.92 Å². The molecule has 0 aliphatic rings. The lowest BCUT2D eigenvalue weighted by Crippen LogP contribution is -2.35. The van der Waals surface area contributed by atoms with Gasteiger partial charge in [-0.05, 0) is 6.92 Å². The van der Waals surface area contributed by atoms with Gasteiger partial charge in [-0.2, -0.15) is 0 Å². The molecule has 0 bridgehead atoms. The Morgan fingerprint density at radius 1 is 1.23 bits per heavy atom. The van der Waals surface area contributed by atoms with Crippen molar-refractivity contribution >= 4 is 0 Å². The maximum atomic E-state index is 9.40. The summed E-state index contributed by atoms with van der Waals surface area (Å²) < 4.78 is 14.7. The molecule has 0 heterocycles. The molecule has 0 radical (unpaired) electrons. The Bertz CT molecular complexity index is 115. The Labute approximate surface area is 78.2 Å². The van der Waals surface area contributed by atoms with Crippen molar-refractivity contribution in [3.05, 3.63) is 0 Å². The van der Waals surface area contributed by atoms with Gasteiger partial charge in [0.05, 0.1) is 19.3 Å². The molecule has 80 valence electrons. The van der Waals surface area contributed by atoms with E-state index in [1.54, 1.807) is 6.92 Å². The van der Waals surface area contributed by atoms with Crippen LogP contribution in [-0.4, -0.2) is 56.1 Å². The van der Waals surface area contributed by atoms with E-state index >= 15 is 0 Å². The van der Waals surface area contributed by atoms with Gasteiger partial charge in [0.1, 0.15) is 6.10 Å². The van der Waals surface area contributed by atoms with E-state index < -0.39 is 12.4 Å². The predicted molar refractivity (Wildman–Crippen MR) is 46.3 cm³/mol. The normalized spacial score (nSPS) is 16.2. The number of hydrogen-bond acceptors (Lipinski definition) is 5. The minimum atomic E-state index is -0.844. The summed E-state index contributed by atoms with van der Waals surface area (Å²) in [5.41, 5.74) is 0. The van der Waals surface area contributed by atoms with Gasteiger partial charge in [-0.1, -0.05) is 0 Å². The Kier molecular flexibility index (Phi) is 7.12. The Morgan fingerprint density at radius 2 is 1.77 bits per heavy atom. The summed E-state index contributed by atoms with van der Waals surface area (Å²) in [5, 5.41) is 18.0. The third-order valence-electron chi connectivity index (χ3n) is 1.59. The average molecular weight is 194 g/mol. The van der Waals surface area contributed by atoms with Crippen LogP contribution >= 0.6 is 0 Å². The molecule has 0 aromatic carbocycles. The molecule has 0 aromatic rings. The Balaban J connectivity index is 3.65. The zero-order chi connectivity index (χ0) is 10.3. The molecule has 0 unspecified atom stereocenters. The molecule has 5 heteroatoms. The molecule has 5 nitrogen and oxygen atoms in total. The van der Waals surface area contributed by atoms with Gasteiger partial charge in [-0.15, -0.1) is 0 Å². The van der Waals surface area contributed by atoms with Crippen LogP contribution in [0.25, 0.3) is 0 Å². The van der Waals surface area contributed by atoms with Gasteiger partial charge in [-0.3, -0.25) is 0 Å². The topological polar surface area (TPSA) is 68.2 Å². The number of aliphatic hydroxyl groups is 2. The summed E-state index contributed by atoms with van der Waals surface area (Å²) in [7, 11) is 2.87. The first-order chi connectivity index (χ1) is 6.15. The standard InChI is InChI=1S/C8H18O5/c1-6(4-9)13-5-7(10)8(11-2)12-3/h6-10H,4-5H2,1-3H3/t6-,7-/m1/s1. The van der Waals surface area contributed by atoms with Crippen molar-refractivity contribution < 1.29 is 24.4 Å². The van der Waals surface area contributed by atoms with Crippen LogP contribution in [-0.2, 0) is 14.2 Å². The fraction of sp³-hybridized carbons (Fsp3) is 1.00. The van der Waals surface area contributed by atoms with Crippen LogP contribution in [0.2, 0.25) is 0 Å². The van der Waals surface area contributed by atoms with E-state index in [4.69, 9.17) is 19.3 Å². The van der Waals surface area contributed by atoms with Gasteiger partial charge in [-0.25, -0.2) is 0 Å². The van der Waals surface area contributed by atoms with Crippen LogP contribution in [0.5, 0.6) is 0 Å². The first kappa shape index (κ1) is 12.8. The van der Waals surface area contributed by atoms with Crippen LogP contribution in [0.3, 0.4) is 0 Å². The van der Waals surface area contributed by atoms with Crippen LogP contribution < -0.4 is 0 Å². The second kappa shape index (κ2) is 7.23. The van der Waals surface area contributed by atoms with Crippen molar-refractivity contribution in [2.24, 2.45) is 0 Å². The highest BCUT2D eigenvalue weighted by atomic mass is 16.7. The lowest BCUT2D eigenvalue weighted by atomic mass is 10.3. The molecule has 0 saturated heterocycles. The number of rotatable bonds is 7. The zero-order valence-electron chi connectivity index (χ0n) is 8.27. The molecule has 0 amide bonds. The highest BCUT2D eigenvalue weighted by molar-refractivity contribution is 4.59. The first-order valence-electron chi connectivity index (χ1n) is 4.11. The summed E-state index contributed by atoms with van der Waals surface area (Å²) >= 11 is 0. The van der Waals surface area contributed by atoms with E-state index in [1.165, 1.54) is 14.2 Å². The number of methoxy groups -OCH3 is 2. The second-order valence-corrected chi connectivity index (χ2v) is 2.73.